The fourth-order valence-electron chi connectivity index (χ4n) is 2.48. The number of rotatable bonds is 8. The van der Waals surface area contributed by atoms with Gasteiger partial charge in [-0.05, 0) is 48.6 Å². The minimum atomic E-state index is -0.0744. The van der Waals surface area contributed by atoms with E-state index in [9.17, 15) is 4.79 Å². The van der Waals surface area contributed by atoms with E-state index in [1.807, 2.05) is 55.5 Å². The number of aryl methyl sites for hydroxylation is 2. The van der Waals surface area contributed by atoms with Gasteiger partial charge in [0, 0.05) is 12.6 Å². The molecule has 2 aromatic rings. The van der Waals surface area contributed by atoms with Gasteiger partial charge in [-0.25, -0.2) is 5.43 Å². The molecule has 0 saturated heterocycles. The molecule has 2 aromatic carbocycles. The molecule has 130 valence electrons. The standard InChI is InChI=1S/C21H24N2O2/c1-17-16-19(13-14-20(17)25-2)10-6-12-21(24)23-22-15-7-11-18-8-4-3-5-9-18/h3-5,7-9,11,13-16H,6,10,12H2,1-2H3,(H,23,24). The summed E-state index contributed by atoms with van der Waals surface area (Å²) in [5, 5.41) is 3.92. The summed E-state index contributed by atoms with van der Waals surface area (Å²) in [5.74, 6) is 0.814. The number of carbonyl (C=O) groups excluding carboxylic acids is 1. The van der Waals surface area contributed by atoms with E-state index in [1.54, 1.807) is 19.4 Å². The van der Waals surface area contributed by atoms with Gasteiger partial charge >= 0.3 is 0 Å². The van der Waals surface area contributed by atoms with Crippen molar-refractivity contribution in [2.45, 2.75) is 26.2 Å². The van der Waals surface area contributed by atoms with Gasteiger partial charge in [-0.15, -0.1) is 0 Å². The number of allylic oxidation sites excluding steroid dienone is 1. The average Bonchev–Trinajstić information content (AvgIpc) is 2.62. The van der Waals surface area contributed by atoms with Gasteiger partial charge in [0.15, 0.2) is 0 Å². The zero-order valence-corrected chi connectivity index (χ0v) is 14.7. The number of methoxy groups -OCH3 is 1. The van der Waals surface area contributed by atoms with E-state index in [1.165, 1.54) is 5.56 Å². The van der Waals surface area contributed by atoms with E-state index < -0.39 is 0 Å². The number of ether oxygens (including phenoxy) is 1. The van der Waals surface area contributed by atoms with Crippen molar-refractivity contribution in [3.8, 4) is 5.75 Å². The summed E-state index contributed by atoms with van der Waals surface area (Å²) >= 11 is 0. The molecule has 0 atom stereocenters. The summed E-state index contributed by atoms with van der Waals surface area (Å²) in [6, 6.07) is 16.0. The Labute approximate surface area is 149 Å². The van der Waals surface area contributed by atoms with Crippen LogP contribution in [0.5, 0.6) is 5.75 Å². The molecule has 0 unspecified atom stereocenters. The Morgan fingerprint density at radius 1 is 1.20 bits per heavy atom. The van der Waals surface area contributed by atoms with Crippen LogP contribution in [-0.2, 0) is 11.2 Å². The lowest BCUT2D eigenvalue weighted by Gasteiger charge is -2.07. The van der Waals surface area contributed by atoms with Gasteiger partial charge in [0.1, 0.15) is 5.75 Å². The first-order valence-electron chi connectivity index (χ1n) is 8.36. The fourth-order valence-corrected chi connectivity index (χ4v) is 2.48. The van der Waals surface area contributed by atoms with E-state index in [0.29, 0.717) is 6.42 Å². The largest absolute Gasteiger partial charge is 0.496 e. The lowest BCUT2D eigenvalue weighted by molar-refractivity contribution is -0.121. The molecule has 0 fully saturated rings. The molecule has 4 heteroatoms. The number of hydrazone groups is 1. The van der Waals surface area contributed by atoms with Gasteiger partial charge in [-0.2, -0.15) is 5.10 Å². The van der Waals surface area contributed by atoms with Crippen LogP contribution < -0.4 is 10.2 Å². The normalized spacial score (nSPS) is 11.1. The van der Waals surface area contributed by atoms with E-state index in [4.69, 9.17) is 4.74 Å². The fraction of sp³-hybridized carbons (Fsp3) is 0.238. The molecule has 0 aliphatic heterocycles. The van der Waals surface area contributed by atoms with E-state index in [0.717, 1.165) is 29.7 Å². The summed E-state index contributed by atoms with van der Waals surface area (Å²) in [4.78, 5) is 11.8. The molecule has 0 aromatic heterocycles. The van der Waals surface area contributed by atoms with Crippen molar-refractivity contribution >= 4 is 18.2 Å². The first-order chi connectivity index (χ1) is 12.2. The summed E-state index contributed by atoms with van der Waals surface area (Å²) < 4.78 is 5.25. The van der Waals surface area contributed by atoms with Crippen LogP contribution in [0, 0.1) is 6.92 Å². The van der Waals surface area contributed by atoms with Crippen LogP contribution in [0.2, 0.25) is 0 Å². The van der Waals surface area contributed by atoms with Crippen molar-refractivity contribution in [1.82, 2.24) is 5.43 Å². The maximum absolute atomic E-state index is 11.8. The Bertz CT molecular complexity index is 737. The van der Waals surface area contributed by atoms with Crippen LogP contribution in [0.3, 0.4) is 0 Å². The van der Waals surface area contributed by atoms with Crippen molar-refractivity contribution < 1.29 is 9.53 Å². The van der Waals surface area contributed by atoms with Gasteiger partial charge in [0.2, 0.25) is 5.91 Å². The van der Waals surface area contributed by atoms with E-state index in [2.05, 4.69) is 16.6 Å². The molecule has 0 spiro atoms. The van der Waals surface area contributed by atoms with Gasteiger partial charge in [0.05, 0.1) is 7.11 Å². The van der Waals surface area contributed by atoms with Crippen LogP contribution in [0.4, 0.5) is 0 Å². The minimum absolute atomic E-state index is 0.0744. The highest BCUT2D eigenvalue weighted by molar-refractivity contribution is 5.81. The van der Waals surface area contributed by atoms with Crippen LogP contribution in [0.15, 0.2) is 59.7 Å². The predicted octanol–water partition coefficient (Wildman–Crippen LogP) is 4.14. The number of carbonyl (C=O) groups is 1. The minimum Gasteiger partial charge on any atom is -0.496 e. The van der Waals surface area contributed by atoms with Crippen molar-refractivity contribution in [1.29, 1.82) is 0 Å². The zero-order chi connectivity index (χ0) is 17.9. The maximum Gasteiger partial charge on any atom is 0.240 e. The third-order valence-electron chi connectivity index (χ3n) is 3.77. The third-order valence-corrected chi connectivity index (χ3v) is 3.77. The quantitative estimate of drug-likeness (QED) is 0.582. The highest BCUT2D eigenvalue weighted by Gasteiger charge is 2.02. The Hall–Kier alpha value is -2.88. The Balaban J connectivity index is 1.68. The second kappa shape index (κ2) is 10.1. The highest BCUT2D eigenvalue weighted by atomic mass is 16.5. The molecule has 0 radical (unpaired) electrons. The van der Waals surface area contributed by atoms with Crippen LogP contribution >= 0.6 is 0 Å². The third kappa shape index (κ3) is 6.63. The second-order valence-electron chi connectivity index (χ2n) is 5.74. The first kappa shape index (κ1) is 18.5. The number of benzene rings is 2. The molecule has 0 aliphatic rings. The molecule has 1 amide bonds. The SMILES string of the molecule is COc1ccc(CCCC(=O)NN=CC=Cc2ccccc2)cc1C. The first-order valence-corrected chi connectivity index (χ1v) is 8.36. The predicted molar refractivity (Wildman–Crippen MR) is 103 cm³/mol. The number of hydrogen-bond acceptors (Lipinski definition) is 3. The zero-order valence-electron chi connectivity index (χ0n) is 14.7. The molecule has 0 aliphatic carbocycles. The number of nitrogens with one attached hydrogen (secondary N) is 1. The second-order valence-corrected chi connectivity index (χ2v) is 5.74. The van der Waals surface area contributed by atoms with Crippen LogP contribution in [0.25, 0.3) is 6.08 Å². The molecule has 0 heterocycles. The van der Waals surface area contributed by atoms with Crippen molar-refractivity contribution in [2.75, 3.05) is 7.11 Å². The van der Waals surface area contributed by atoms with E-state index in [-0.39, 0.29) is 5.91 Å². The summed E-state index contributed by atoms with van der Waals surface area (Å²) in [6.45, 7) is 2.02. The molecular formula is C21H24N2O2. The highest BCUT2D eigenvalue weighted by Crippen LogP contribution is 2.19. The smallest absolute Gasteiger partial charge is 0.240 e. The molecular weight excluding hydrogens is 312 g/mol. The Kier molecular flexibility index (Phi) is 7.44. The Morgan fingerprint density at radius 2 is 2.00 bits per heavy atom. The topological polar surface area (TPSA) is 50.7 Å². The average molecular weight is 336 g/mol. The number of nitrogens with zero attached hydrogens (tertiary/aromatic N) is 1. The van der Waals surface area contributed by atoms with Gasteiger partial charge in [0.25, 0.3) is 0 Å². The molecule has 4 nitrogen and oxygen atoms in total. The summed E-state index contributed by atoms with van der Waals surface area (Å²) in [6.07, 6.45) is 7.41. The molecule has 0 saturated carbocycles. The molecule has 2 rings (SSSR count). The Morgan fingerprint density at radius 3 is 2.72 bits per heavy atom. The van der Waals surface area contributed by atoms with Gasteiger partial charge < -0.3 is 4.74 Å². The monoisotopic (exact) mass is 336 g/mol. The number of hydrogen-bond donors (Lipinski definition) is 1. The van der Waals surface area contributed by atoms with Crippen molar-refractivity contribution in [3.63, 3.8) is 0 Å². The van der Waals surface area contributed by atoms with Gasteiger partial charge in [-0.1, -0.05) is 48.5 Å². The van der Waals surface area contributed by atoms with Crippen molar-refractivity contribution in [3.05, 3.63) is 71.3 Å². The van der Waals surface area contributed by atoms with Crippen LogP contribution in [0.1, 0.15) is 29.5 Å². The summed E-state index contributed by atoms with van der Waals surface area (Å²) in [5.41, 5.74) is 5.96. The maximum atomic E-state index is 11.8. The van der Waals surface area contributed by atoms with Crippen molar-refractivity contribution in [2.24, 2.45) is 5.10 Å². The molecule has 1 N–H and O–H groups in total. The lowest BCUT2D eigenvalue weighted by atomic mass is 10.1. The summed E-state index contributed by atoms with van der Waals surface area (Å²) in [7, 11) is 1.67. The van der Waals surface area contributed by atoms with Crippen LogP contribution in [-0.4, -0.2) is 19.2 Å². The molecule has 0 bridgehead atoms. The number of amides is 1. The lowest BCUT2D eigenvalue weighted by Crippen LogP contribution is -2.16. The van der Waals surface area contributed by atoms with Gasteiger partial charge in [-0.3, -0.25) is 4.79 Å². The van der Waals surface area contributed by atoms with E-state index >= 15 is 0 Å². The molecule has 25 heavy (non-hydrogen) atoms.